The fourth-order valence-corrected chi connectivity index (χ4v) is 3.42. The quantitative estimate of drug-likeness (QED) is 0.249. The Kier molecular flexibility index (Phi) is 10.5. The van der Waals surface area contributed by atoms with Crippen molar-refractivity contribution in [3.05, 3.63) is 54.0 Å². The second kappa shape index (κ2) is 12.8. The monoisotopic (exact) mass is 529 g/mol. The number of rotatable bonds is 10. The minimum Gasteiger partial charge on any atom is -0.497 e. The Morgan fingerprint density at radius 1 is 1.23 bits per heavy atom. The largest absolute Gasteiger partial charge is 0.497 e. The molecule has 3 rings (SSSR count). The highest BCUT2D eigenvalue weighted by Gasteiger charge is 2.34. The molecule has 1 aromatic carbocycles. The van der Waals surface area contributed by atoms with Gasteiger partial charge >= 0.3 is 0 Å². The van der Waals surface area contributed by atoms with Gasteiger partial charge in [-0.3, -0.25) is 0 Å². The number of aliphatic hydroxyl groups excluding tert-OH is 1. The summed E-state index contributed by atoms with van der Waals surface area (Å²) in [6.45, 7) is 3.55. The van der Waals surface area contributed by atoms with Crippen LogP contribution in [0.5, 0.6) is 5.75 Å². The van der Waals surface area contributed by atoms with Gasteiger partial charge in [-0.05, 0) is 42.7 Å². The first kappa shape index (κ1) is 24.5. The van der Waals surface area contributed by atoms with Gasteiger partial charge < -0.3 is 29.6 Å². The summed E-state index contributed by atoms with van der Waals surface area (Å²) in [5, 5.41) is 16.3. The number of hydrogen-bond donors (Lipinski definition) is 3. The number of aliphatic imine (C=N–C) groups is 1. The molecular formula is C22H32IN3O4. The maximum Gasteiger partial charge on any atom is 0.191 e. The van der Waals surface area contributed by atoms with Gasteiger partial charge in [0.1, 0.15) is 11.5 Å². The summed E-state index contributed by atoms with van der Waals surface area (Å²) in [4.78, 5) is 4.74. The second-order valence-corrected chi connectivity index (χ2v) is 7.40. The Balaban J connectivity index is 0.00000320. The van der Waals surface area contributed by atoms with Crippen molar-refractivity contribution in [3.63, 3.8) is 0 Å². The average molecular weight is 529 g/mol. The van der Waals surface area contributed by atoms with Gasteiger partial charge in [0.25, 0.3) is 0 Å². The van der Waals surface area contributed by atoms with E-state index in [1.54, 1.807) is 13.4 Å². The molecule has 2 aromatic rings. The molecule has 0 radical (unpaired) electrons. The molecule has 3 N–H and O–H groups in total. The molecule has 1 aromatic heterocycles. The van der Waals surface area contributed by atoms with Gasteiger partial charge in [0.15, 0.2) is 5.96 Å². The van der Waals surface area contributed by atoms with Crippen molar-refractivity contribution < 1.29 is 19.0 Å². The zero-order valence-corrected chi connectivity index (χ0v) is 19.8. The fraction of sp³-hybridized carbons (Fsp3) is 0.500. The number of hydrogen-bond acceptors (Lipinski definition) is 5. The van der Waals surface area contributed by atoms with Gasteiger partial charge in [0.05, 0.1) is 26.5 Å². The summed E-state index contributed by atoms with van der Waals surface area (Å²) in [7, 11) is 1.66. The topological polar surface area (TPSA) is 88.2 Å². The van der Waals surface area contributed by atoms with Crippen LogP contribution in [-0.4, -0.2) is 51.1 Å². The van der Waals surface area contributed by atoms with E-state index >= 15 is 0 Å². The number of methoxy groups -OCH3 is 1. The number of nitrogens with zero attached hydrogens (tertiary/aromatic N) is 1. The molecule has 7 nitrogen and oxygen atoms in total. The lowest BCUT2D eigenvalue weighted by molar-refractivity contribution is 0.127. The first-order valence-corrected chi connectivity index (χ1v) is 10.1. The zero-order valence-electron chi connectivity index (χ0n) is 17.4. The predicted molar refractivity (Wildman–Crippen MR) is 128 cm³/mol. The van der Waals surface area contributed by atoms with Gasteiger partial charge in [-0.25, -0.2) is 4.99 Å². The van der Waals surface area contributed by atoms with Gasteiger partial charge in [-0.1, -0.05) is 12.1 Å². The van der Waals surface area contributed by atoms with Crippen LogP contribution in [-0.2, 0) is 17.7 Å². The van der Waals surface area contributed by atoms with Crippen LogP contribution in [0.1, 0.15) is 24.2 Å². The highest BCUT2D eigenvalue weighted by Crippen LogP contribution is 2.31. The molecule has 0 saturated carbocycles. The van der Waals surface area contributed by atoms with Crippen LogP contribution in [0, 0.1) is 5.41 Å². The van der Waals surface area contributed by atoms with E-state index in [1.807, 2.05) is 36.4 Å². The Bertz CT molecular complexity index is 744. The van der Waals surface area contributed by atoms with E-state index in [9.17, 15) is 5.11 Å². The van der Waals surface area contributed by atoms with Crippen LogP contribution in [0.4, 0.5) is 0 Å². The van der Waals surface area contributed by atoms with Crippen LogP contribution < -0.4 is 15.4 Å². The molecule has 1 atom stereocenters. The van der Waals surface area contributed by atoms with E-state index in [0.29, 0.717) is 26.2 Å². The Hall–Kier alpha value is -1.78. The first-order valence-electron chi connectivity index (χ1n) is 10.1. The maximum absolute atomic E-state index is 9.45. The Morgan fingerprint density at radius 2 is 2.07 bits per heavy atom. The highest BCUT2D eigenvalue weighted by molar-refractivity contribution is 14.0. The highest BCUT2D eigenvalue weighted by atomic mass is 127. The summed E-state index contributed by atoms with van der Waals surface area (Å²) < 4.78 is 16.2. The Morgan fingerprint density at radius 3 is 2.70 bits per heavy atom. The third kappa shape index (κ3) is 7.48. The van der Waals surface area contributed by atoms with Crippen LogP contribution >= 0.6 is 24.0 Å². The third-order valence-corrected chi connectivity index (χ3v) is 5.28. The molecule has 1 unspecified atom stereocenters. The molecule has 1 aliphatic heterocycles. The normalized spacial score (nSPS) is 18.7. The van der Waals surface area contributed by atoms with Crippen LogP contribution in [0.15, 0.2) is 52.1 Å². The van der Waals surface area contributed by atoms with Crippen molar-refractivity contribution in [2.24, 2.45) is 10.4 Å². The molecular weight excluding hydrogens is 497 g/mol. The predicted octanol–water partition coefficient (Wildman–Crippen LogP) is 2.97. The standard InChI is InChI=1S/C22H31N3O4.HI/c1-27-19-6-4-18(5-7-19)15-24-21(23-11-8-20-3-2-13-29-20)25-16-22(9-12-26)10-14-28-17-22;/h2-7,13,26H,8-12,14-17H2,1H3,(H2,23,24,25);1H. The number of nitrogens with one attached hydrogen (secondary N) is 2. The zero-order chi connectivity index (χ0) is 20.4. The molecule has 30 heavy (non-hydrogen) atoms. The number of halogens is 1. The van der Waals surface area contributed by atoms with E-state index in [0.717, 1.165) is 48.9 Å². The smallest absolute Gasteiger partial charge is 0.191 e. The van der Waals surface area contributed by atoms with Crippen molar-refractivity contribution in [1.29, 1.82) is 0 Å². The summed E-state index contributed by atoms with van der Waals surface area (Å²) in [5.41, 5.74) is 1.06. The summed E-state index contributed by atoms with van der Waals surface area (Å²) >= 11 is 0. The summed E-state index contributed by atoms with van der Waals surface area (Å²) in [5.74, 6) is 2.52. The summed E-state index contributed by atoms with van der Waals surface area (Å²) in [6.07, 6.45) is 4.13. The third-order valence-electron chi connectivity index (χ3n) is 5.28. The van der Waals surface area contributed by atoms with Crippen molar-refractivity contribution in [2.45, 2.75) is 25.8 Å². The van der Waals surface area contributed by atoms with Gasteiger partial charge in [-0.15, -0.1) is 24.0 Å². The fourth-order valence-electron chi connectivity index (χ4n) is 3.42. The van der Waals surface area contributed by atoms with Crippen LogP contribution in [0.3, 0.4) is 0 Å². The Labute approximate surface area is 195 Å². The average Bonchev–Trinajstić information content (AvgIpc) is 3.43. The maximum atomic E-state index is 9.45. The molecule has 1 aliphatic rings. The van der Waals surface area contributed by atoms with Crippen molar-refractivity contribution >= 4 is 29.9 Å². The molecule has 2 heterocycles. The van der Waals surface area contributed by atoms with Crippen LogP contribution in [0.2, 0.25) is 0 Å². The molecule has 166 valence electrons. The molecule has 0 bridgehead atoms. The van der Waals surface area contributed by atoms with E-state index in [-0.39, 0.29) is 36.0 Å². The van der Waals surface area contributed by atoms with E-state index < -0.39 is 0 Å². The molecule has 0 amide bonds. The molecule has 1 fully saturated rings. The lowest BCUT2D eigenvalue weighted by Crippen LogP contribution is -2.45. The van der Waals surface area contributed by atoms with Crippen molar-refractivity contribution in [2.75, 3.05) is 40.0 Å². The van der Waals surface area contributed by atoms with Gasteiger partial charge in [0, 0.05) is 38.1 Å². The number of ether oxygens (including phenoxy) is 2. The van der Waals surface area contributed by atoms with Gasteiger partial charge in [0.2, 0.25) is 0 Å². The van der Waals surface area contributed by atoms with Gasteiger partial charge in [-0.2, -0.15) is 0 Å². The van der Waals surface area contributed by atoms with Crippen molar-refractivity contribution in [3.8, 4) is 5.75 Å². The minimum absolute atomic E-state index is 0. The minimum atomic E-state index is -0.0433. The number of benzene rings is 1. The molecule has 0 aliphatic carbocycles. The lowest BCUT2D eigenvalue weighted by atomic mass is 9.84. The van der Waals surface area contributed by atoms with E-state index in [1.165, 1.54) is 0 Å². The number of furan rings is 1. The van der Waals surface area contributed by atoms with Crippen LogP contribution in [0.25, 0.3) is 0 Å². The summed E-state index contributed by atoms with van der Waals surface area (Å²) in [6, 6.07) is 11.8. The number of aliphatic hydroxyl groups is 1. The van der Waals surface area contributed by atoms with Crippen molar-refractivity contribution in [1.82, 2.24) is 10.6 Å². The second-order valence-electron chi connectivity index (χ2n) is 7.40. The SMILES string of the molecule is COc1ccc(CN=C(NCCc2ccco2)NCC2(CCO)CCOC2)cc1.I. The molecule has 1 saturated heterocycles. The first-order chi connectivity index (χ1) is 14.2. The number of guanidine groups is 1. The van der Waals surface area contributed by atoms with E-state index in [4.69, 9.17) is 18.9 Å². The molecule has 8 heteroatoms. The van der Waals surface area contributed by atoms with E-state index in [2.05, 4.69) is 10.6 Å². The lowest BCUT2D eigenvalue weighted by Gasteiger charge is -2.27. The molecule has 0 spiro atoms.